The van der Waals surface area contributed by atoms with Gasteiger partial charge in [0.2, 0.25) is 0 Å². The molecule has 0 bridgehead atoms. The molecule has 0 aromatic carbocycles. The molecule has 2 aliphatic rings. The molecule has 2 rings (SSSR count). The smallest absolute Gasteiger partial charge is 0.324 e. The summed E-state index contributed by atoms with van der Waals surface area (Å²) in [6, 6.07) is 1.75. The Hall–Kier alpha value is -0.546. The summed E-state index contributed by atoms with van der Waals surface area (Å²) in [6.07, 6.45) is 0.407. The molecule has 0 spiro atoms. The predicted molar refractivity (Wildman–Crippen MR) is 182 cm³/mol. The average Bonchev–Trinajstić information content (AvgIpc) is 3.25. The zero-order chi connectivity index (χ0) is 30.0. The molecule has 0 saturated carbocycles. The topological polar surface area (TPSA) is 43.0 Å². The molecule has 7 nitrogen and oxygen atoms in total. The van der Waals surface area contributed by atoms with E-state index in [-0.39, 0.29) is 20.9 Å². The average molecular weight is 616 g/mol. The van der Waals surface area contributed by atoms with Gasteiger partial charge in [0.05, 0.1) is 20.2 Å². The fourth-order valence-corrected chi connectivity index (χ4v) is 5.84. The fraction of sp³-hybridized carbons (Fsp3) is 0.929. The molecule has 1 saturated heterocycles. The molecular formula is C28H70ClFN7Si2+. The van der Waals surface area contributed by atoms with Crippen LogP contribution in [0.3, 0.4) is 0 Å². The number of halogens is 2. The minimum atomic E-state index is -1.14. The summed E-state index contributed by atoms with van der Waals surface area (Å²) in [7, 11) is 5.81. The summed E-state index contributed by atoms with van der Waals surface area (Å²) in [4.78, 5) is 8.90. The first-order valence-electron chi connectivity index (χ1n) is 13.7. The Bertz CT molecular complexity index is 625. The second-order valence-electron chi connectivity index (χ2n) is 11.3. The maximum atomic E-state index is 12.5. The van der Waals surface area contributed by atoms with Gasteiger partial charge in [-0.05, 0) is 40.3 Å². The molecule has 0 atom stereocenters. The quantitative estimate of drug-likeness (QED) is 0.149. The third-order valence-corrected chi connectivity index (χ3v) is 8.38. The van der Waals surface area contributed by atoms with Crippen LogP contribution in [0.2, 0.25) is 39.3 Å². The summed E-state index contributed by atoms with van der Waals surface area (Å²) < 4.78 is 16.7. The highest BCUT2D eigenvalue weighted by atomic mass is 35.6. The molecule has 0 unspecified atom stereocenters. The van der Waals surface area contributed by atoms with Gasteiger partial charge in [-0.3, -0.25) is 14.7 Å². The SMILES string of the molecule is C.C.CC#N.CCN(CC)C1N(C)CCN1C.CCN(CC)[Si](C)(C)C.CN1CC[N+](C)=C1F.C[Si](C)(C)Cl. The van der Waals surface area contributed by atoms with Crippen molar-refractivity contribution >= 4 is 32.8 Å². The van der Waals surface area contributed by atoms with E-state index in [4.69, 9.17) is 16.3 Å². The Kier molecular flexibility index (Phi) is 31.1. The van der Waals surface area contributed by atoms with Gasteiger partial charge >= 0.3 is 6.09 Å². The Morgan fingerprint density at radius 3 is 1.36 bits per heavy atom. The first-order chi connectivity index (χ1) is 16.9. The molecule has 0 radical (unpaired) electrons. The van der Waals surface area contributed by atoms with Crippen LogP contribution >= 0.6 is 11.1 Å². The summed E-state index contributed by atoms with van der Waals surface area (Å²) in [5.74, 6) is 0. The van der Waals surface area contributed by atoms with Crippen LogP contribution < -0.4 is 0 Å². The van der Waals surface area contributed by atoms with Crippen LogP contribution in [0.1, 0.15) is 49.5 Å². The van der Waals surface area contributed by atoms with Crippen molar-refractivity contribution in [3.05, 3.63) is 0 Å². The van der Waals surface area contributed by atoms with E-state index in [0.717, 1.165) is 26.2 Å². The Labute approximate surface area is 252 Å². The van der Waals surface area contributed by atoms with Crippen LogP contribution in [0, 0.1) is 11.3 Å². The highest BCUT2D eigenvalue weighted by Gasteiger charge is 2.29. The molecule has 11 heteroatoms. The van der Waals surface area contributed by atoms with Crippen molar-refractivity contribution in [2.75, 3.05) is 80.5 Å². The van der Waals surface area contributed by atoms with E-state index in [2.05, 4.69) is 100 Å². The fourth-order valence-electron chi connectivity index (χ4n) is 3.94. The molecule has 39 heavy (non-hydrogen) atoms. The lowest BCUT2D eigenvalue weighted by atomic mass is 10.5. The molecule has 0 aromatic rings. The van der Waals surface area contributed by atoms with E-state index in [1.54, 1.807) is 29.6 Å². The number of hydrogen-bond acceptors (Lipinski definition) is 6. The Morgan fingerprint density at radius 1 is 0.897 bits per heavy atom. The number of hydrogen-bond donors (Lipinski definition) is 0. The molecule has 0 aromatic heterocycles. The number of amidine groups is 1. The van der Waals surface area contributed by atoms with Gasteiger partial charge in [0.15, 0.2) is 0 Å². The van der Waals surface area contributed by atoms with E-state index >= 15 is 0 Å². The van der Waals surface area contributed by atoms with Crippen molar-refractivity contribution in [2.24, 2.45) is 0 Å². The lowest BCUT2D eigenvalue weighted by molar-refractivity contribution is -0.491. The first-order valence-corrected chi connectivity index (χ1v) is 21.7. The molecule has 2 heterocycles. The van der Waals surface area contributed by atoms with Crippen LogP contribution in [0.25, 0.3) is 0 Å². The standard InChI is InChI=1S/C9H21N3.C7H19NSi.C5H10FN2.C3H9ClSi.C2H3N.2CH4/c1-5-12(6-2)9-10(3)7-8-11(9)4;1-6-8(7-2)9(3,4)5;1-7-3-4-8(2)5(7)6;1-5(2,3)4;1-2-3;;/h9H,5-8H2,1-4H3;6-7H2,1-5H3;3-4H2,1-2H3;1-3H3;1H3;2*1H4/q;;+1;;;;. The molecule has 0 N–H and O–H groups in total. The van der Waals surface area contributed by atoms with Gasteiger partial charge in [-0.25, -0.2) is 9.48 Å². The molecule has 1 fully saturated rings. The Morgan fingerprint density at radius 2 is 1.23 bits per heavy atom. The monoisotopic (exact) mass is 614 g/mol. The van der Waals surface area contributed by atoms with E-state index in [9.17, 15) is 4.39 Å². The highest BCUT2D eigenvalue weighted by Crippen LogP contribution is 2.13. The van der Waals surface area contributed by atoms with Gasteiger partial charge < -0.3 is 4.57 Å². The minimum Gasteiger partial charge on any atom is -0.324 e. The normalized spacial score (nSPS) is 15.9. The first kappa shape index (κ1) is 48.2. The summed E-state index contributed by atoms with van der Waals surface area (Å²) in [6.45, 7) is 32.5. The van der Waals surface area contributed by atoms with Crippen LogP contribution in [0.5, 0.6) is 0 Å². The van der Waals surface area contributed by atoms with Crippen LogP contribution in [-0.2, 0) is 0 Å². The van der Waals surface area contributed by atoms with Gasteiger partial charge in [-0.15, -0.1) is 4.39 Å². The third-order valence-electron chi connectivity index (χ3n) is 5.85. The van der Waals surface area contributed by atoms with Crippen molar-refractivity contribution in [3.63, 3.8) is 0 Å². The lowest BCUT2D eigenvalue weighted by Crippen LogP contribution is -2.49. The summed E-state index contributed by atoms with van der Waals surface area (Å²) in [5.41, 5.74) is 0. The number of likely N-dealkylation sites (N-methyl/N-ethyl adjacent to an activating group) is 4. The zero-order valence-corrected chi connectivity index (χ0v) is 29.9. The van der Waals surface area contributed by atoms with Crippen molar-refractivity contribution in [1.29, 1.82) is 5.26 Å². The summed E-state index contributed by atoms with van der Waals surface area (Å²) >= 11 is 5.67. The molecule has 0 amide bonds. The largest absolute Gasteiger partial charge is 0.435 e. The maximum absolute atomic E-state index is 12.5. The maximum Gasteiger partial charge on any atom is 0.435 e. The second kappa shape index (κ2) is 25.2. The van der Waals surface area contributed by atoms with Gasteiger partial charge in [-0.1, -0.05) is 81.8 Å². The third kappa shape index (κ3) is 24.9. The molecular weight excluding hydrogens is 545 g/mol. The molecule has 238 valence electrons. The van der Waals surface area contributed by atoms with Gasteiger partial charge in [-0.2, -0.15) is 16.3 Å². The van der Waals surface area contributed by atoms with Crippen LogP contribution in [0.15, 0.2) is 0 Å². The highest BCUT2D eigenvalue weighted by molar-refractivity contribution is 7.18. The second-order valence-corrected chi connectivity index (χ2v) is 23.8. The molecule has 2 aliphatic heterocycles. The van der Waals surface area contributed by atoms with Gasteiger partial charge in [0, 0.05) is 20.0 Å². The number of rotatable bonds is 6. The number of nitrogens with zero attached hydrogens (tertiary/aromatic N) is 7. The van der Waals surface area contributed by atoms with Crippen molar-refractivity contribution in [2.45, 2.75) is 95.0 Å². The van der Waals surface area contributed by atoms with Crippen LogP contribution in [-0.4, -0.2) is 137 Å². The van der Waals surface area contributed by atoms with Crippen molar-refractivity contribution in [1.82, 2.24) is 24.2 Å². The van der Waals surface area contributed by atoms with Crippen molar-refractivity contribution < 1.29 is 8.97 Å². The van der Waals surface area contributed by atoms with Gasteiger partial charge in [0.1, 0.15) is 35.0 Å². The van der Waals surface area contributed by atoms with Crippen molar-refractivity contribution in [3.8, 4) is 6.07 Å². The van der Waals surface area contributed by atoms with E-state index in [1.165, 1.54) is 33.1 Å². The summed E-state index contributed by atoms with van der Waals surface area (Å²) in [5, 5.41) is 7.32. The lowest BCUT2D eigenvalue weighted by Gasteiger charge is -2.35. The van der Waals surface area contributed by atoms with Crippen LogP contribution in [0.4, 0.5) is 4.39 Å². The van der Waals surface area contributed by atoms with E-state index in [0.29, 0.717) is 6.29 Å². The number of nitriles is 1. The Balaban J connectivity index is -0.000000129. The molecule has 0 aliphatic carbocycles. The van der Waals surface area contributed by atoms with E-state index < -0.39 is 15.6 Å². The van der Waals surface area contributed by atoms with E-state index in [1.807, 2.05) is 0 Å². The zero-order valence-electron chi connectivity index (χ0n) is 27.1. The minimum absolute atomic E-state index is 0. The predicted octanol–water partition coefficient (Wildman–Crippen LogP) is 6.41. The van der Waals surface area contributed by atoms with Gasteiger partial charge in [0.25, 0.3) is 0 Å².